The fraction of sp³-hybridized carbons (Fsp3) is 0.346. The molecule has 32 heavy (non-hydrogen) atoms. The third kappa shape index (κ3) is 4.90. The lowest BCUT2D eigenvalue weighted by molar-refractivity contribution is 0.208. The first-order chi connectivity index (χ1) is 15.5. The minimum absolute atomic E-state index is 0.0448. The van der Waals surface area contributed by atoms with Gasteiger partial charge < -0.3 is 15.1 Å². The summed E-state index contributed by atoms with van der Waals surface area (Å²) in [5, 5.41) is 3.05. The van der Waals surface area contributed by atoms with Crippen LogP contribution in [-0.4, -0.2) is 47.1 Å². The molecule has 2 heterocycles. The molecule has 0 spiro atoms. The van der Waals surface area contributed by atoms with Gasteiger partial charge in [0.25, 0.3) is 0 Å². The Morgan fingerprint density at radius 2 is 1.62 bits per heavy atom. The van der Waals surface area contributed by atoms with Gasteiger partial charge in [0, 0.05) is 49.5 Å². The molecule has 0 bridgehead atoms. The van der Waals surface area contributed by atoms with Crippen molar-refractivity contribution in [3.63, 3.8) is 0 Å². The zero-order valence-electron chi connectivity index (χ0n) is 19.1. The maximum absolute atomic E-state index is 12.8. The average Bonchev–Trinajstić information content (AvgIpc) is 2.82. The molecule has 1 aliphatic heterocycles. The molecule has 2 amide bonds. The number of benzene rings is 2. The zero-order valence-corrected chi connectivity index (χ0v) is 19.1. The standard InChI is InChI=1S/C26H31N5O/c1-4-23-22(18-21-11-6-5-7-12-21)25(28-20(3)27-23)30-14-16-31(17-15-30)26(32)29-24-13-9-8-10-19(24)2/h5-13H,4,14-18H2,1-3H3,(H,29,32). The summed E-state index contributed by atoms with van der Waals surface area (Å²) in [5.41, 5.74) is 5.49. The average molecular weight is 430 g/mol. The van der Waals surface area contributed by atoms with Crippen LogP contribution in [-0.2, 0) is 12.8 Å². The fourth-order valence-electron chi connectivity index (χ4n) is 4.20. The summed E-state index contributed by atoms with van der Waals surface area (Å²) in [6.07, 6.45) is 1.69. The molecule has 4 rings (SSSR count). The monoisotopic (exact) mass is 429 g/mol. The maximum atomic E-state index is 12.8. The number of aromatic nitrogens is 2. The number of carbonyl (C=O) groups is 1. The number of hydrogen-bond donors (Lipinski definition) is 1. The number of para-hydroxylation sites is 1. The number of nitrogens with zero attached hydrogens (tertiary/aromatic N) is 4. The van der Waals surface area contributed by atoms with E-state index in [-0.39, 0.29) is 6.03 Å². The molecule has 3 aromatic rings. The lowest BCUT2D eigenvalue weighted by Gasteiger charge is -2.36. The summed E-state index contributed by atoms with van der Waals surface area (Å²) in [6, 6.07) is 18.3. The topological polar surface area (TPSA) is 61.4 Å². The van der Waals surface area contributed by atoms with Gasteiger partial charge in [-0.05, 0) is 37.5 Å². The van der Waals surface area contributed by atoms with Crippen LogP contribution in [0.4, 0.5) is 16.3 Å². The number of rotatable bonds is 5. The van der Waals surface area contributed by atoms with Crippen molar-refractivity contribution in [3.05, 3.63) is 82.8 Å². The molecule has 166 valence electrons. The zero-order chi connectivity index (χ0) is 22.5. The predicted molar refractivity (Wildman–Crippen MR) is 129 cm³/mol. The number of nitrogens with one attached hydrogen (secondary N) is 1. The summed E-state index contributed by atoms with van der Waals surface area (Å²) in [7, 11) is 0. The van der Waals surface area contributed by atoms with Crippen LogP contribution in [0, 0.1) is 13.8 Å². The Labute approximate surface area is 190 Å². The third-order valence-electron chi connectivity index (χ3n) is 5.99. The van der Waals surface area contributed by atoms with Gasteiger partial charge in [-0.1, -0.05) is 55.5 Å². The predicted octanol–water partition coefficient (Wildman–Crippen LogP) is 4.60. The van der Waals surface area contributed by atoms with E-state index in [4.69, 9.17) is 9.97 Å². The molecular weight excluding hydrogens is 398 g/mol. The van der Waals surface area contributed by atoms with E-state index in [1.54, 1.807) is 0 Å². The van der Waals surface area contributed by atoms with Gasteiger partial charge in [0.15, 0.2) is 0 Å². The van der Waals surface area contributed by atoms with Crippen LogP contribution >= 0.6 is 0 Å². The Morgan fingerprint density at radius 3 is 2.31 bits per heavy atom. The van der Waals surface area contributed by atoms with Crippen molar-refractivity contribution in [3.8, 4) is 0 Å². The van der Waals surface area contributed by atoms with Crippen LogP contribution in [0.1, 0.15) is 35.1 Å². The van der Waals surface area contributed by atoms with Crippen LogP contribution < -0.4 is 10.2 Å². The Bertz CT molecular complexity index is 1070. The number of amides is 2. The van der Waals surface area contributed by atoms with Crippen LogP contribution in [0.3, 0.4) is 0 Å². The van der Waals surface area contributed by atoms with E-state index in [2.05, 4.69) is 41.4 Å². The minimum Gasteiger partial charge on any atom is -0.353 e. The minimum atomic E-state index is -0.0448. The van der Waals surface area contributed by atoms with Gasteiger partial charge in [0.1, 0.15) is 11.6 Å². The van der Waals surface area contributed by atoms with Crippen molar-refractivity contribution in [1.82, 2.24) is 14.9 Å². The van der Waals surface area contributed by atoms with Crippen LogP contribution in [0.2, 0.25) is 0 Å². The van der Waals surface area contributed by atoms with Crippen LogP contribution in [0.5, 0.6) is 0 Å². The van der Waals surface area contributed by atoms with Gasteiger partial charge >= 0.3 is 6.03 Å². The van der Waals surface area contributed by atoms with E-state index in [9.17, 15) is 4.79 Å². The Morgan fingerprint density at radius 1 is 0.938 bits per heavy atom. The van der Waals surface area contributed by atoms with Crippen molar-refractivity contribution >= 4 is 17.5 Å². The summed E-state index contributed by atoms with van der Waals surface area (Å²) in [6.45, 7) is 8.94. The Hall–Kier alpha value is -3.41. The van der Waals surface area contributed by atoms with Gasteiger partial charge in [-0.3, -0.25) is 0 Å². The van der Waals surface area contributed by atoms with Gasteiger partial charge in [-0.15, -0.1) is 0 Å². The molecule has 0 atom stereocenters. The molecule has 0 saturated carbocycles. The highest BCUT2D eigenvalue weighted by Crippen LogP contribution is 2.26. The maximum Gasteiger partial charge on any atom is 0.321 e. The second-order valence-corrected chi connectivity index (χ2v) is 8.25. The molecule has 1 saturated heterocycles. The number of urea groups is 1. The Kier molecular flexibility index (Phi) is 6.69. The fourth-order valence-corrected chi connectivity index (χ4v) is 4.20. The molecule has 1 aliphatic rings. The molecule has 0 radical (unpaired) electrons. The molecule has 0 aliphatic carbocycles. The van der Waals surface area contributed by atoms with Crippen LogP contribution in [0.15, 0.2) is 54.6 Å². The normalized spacial score (nSPS) is 13.8. The summed E-state index contributed by atoms with van der Waals surface area (Å²) >= 11 is 0. The molecule has 1 N–H and O–H groups in total. The van der Waals surface area contributed by atoms with Crippen LogP contribution in [0.25, 0.3) is 0 Å². The third-order valence-corrected chi connectivity index (χ3v) is 5.99. The number of piperazine rings is 1. The highest BCUT2D eigenvalue weighted by molar-refractivity contribution is 5.90. The van der Waals surface area contributed by atoms with Gasteiger partial charge in [-0.25, -0.2) is 14.8 Å². The largest absolute Gasteiger partial charge is 0.353 e. The molecule has 1 fully saturated rings. The highest BCUT2D eigenvalue weighted by Gasteiger charge is 2.25. The number of aryl methyl sites for hydroxylation is 3. The first-order valence-corrected chi connectivity index (χ1v) is 11.3. The number of anilines is 2. The van der Waals surface area contributed by atoms with Crippen molar-refractivity contribution in [2.45, 2.75) is 33.6 Å². The molecule has 0 unspecified atom stereocenters. The summed E-state index contributed by atoms with van der Waals surface area (Å²) < 4.78 is 0. The first kappa shape index (κ1) is 21.8. The summed E-state index contributed by atoms with van der Waals surface area (Å²) in [5.74, 6) is 1.81. The number of carbonyl (C=O) groups excluding carboxylic acids is 1. The number of hydrogen-bond acceptors (Lipinski definition) is 4. The van der Waals surface area contributed by atoms with E-state index in [0.717, 1.165) is 54.5 Å². The lowest BCUT2D eigenvalue weighted by atomic mass is 10.0. The highest BCUT2D eigenvalue weighted by atomic mass is 16.2. The van der Waals surface area contributed by atoms with Gasteiger partial charge in [-0.2, -0.15) is 0 Å². The van der Waals surface area contributed by atoms with Crippen molar-refractivity contribution in [1.29, 1.82) is 0 Å². The Balaban J connectivity index is 1.50. The second kappa shape index (κ2) is 9.81. The molecule has 2 aromatic carbocycles. The van der Waals surface area contributed by atoms with E-state index in [0.29, 0.717) is 13.1 Å². The smallest absolute Gasteiger partial charge is 0.321 e. The molecule has 6 heteroatoms. The molecule has 1 aromatic heterocycles. The van der Waals surface area contributed by atoms with E-state index >= 15 is 0 Å². The van der Waals surface area contributed by atoms with E-state index in [1.165, 1.54) is 11.1 Å². The van der Waals surface area contributed by atoms with Crippen molar-refractivity contribution in [2.75, 3.05) is 36.4 Å². The quantitative estimate of drug-likeness (QED) is 0.644. The van der Waals surface area contributed by atoms with Gasteiger partial charge in [0.05, 0.1) is 0 Å². The second-order valence-electron chi connectivity index (χ2n) is 8.25. The molecular formula is C26H31N5O. The van der Waals surface area contributed by atoms with Gasteiger partial charge in [0.2, 0.25) is 0 Å². The first-order valence-electron chi connectivity index (χ1n) is 11.3. The van der Waals surface area contributed by atoms with E-state index in [1.807, 2.05) is 49.1 Å². The van der Waals surface area contributed by atoms with E-state index < -0.39 is 0 Å². The summed E-state index contributed by atoms with van der Waals surface area (Å²) in [4.78, 5) is 26.6. The van der Waals surface area contributed by atoms with Crippen molar-refractivity contribution < 1.29 is 4.79 Å². The molecule has 6 nitrogen and oxygen atoms in total. The van der Waals surface area contributed by atoms with Crippen molar-refractivity contribution in [2.24, 2.45) is 0 Å². The SMILES string of the molecule is CCc1nc(C)nc(N2CCN(C(=O)Nc3ccccc3C)CC2)c1Cc1ccccc1. The lowest BCUT2D eigenvalue weighted by Crippen LogP contribution is -2.50.